The second-order valence-electron chi connectivity index (χ2n) is 4.01. The smallest absolute Gasteiger partial charge is 0.124 e. The Morgan fingerprint density at radius 1 is 1.20 bits per heavy atom. The summed E-state index contributed by atoms with van der Waals surface area (Å²) in [6.07, 6.45) is 0.723. The van der Waals surface area contributed by atoms with Crippen LogP contribution in [0.2, 0.25) is 0 Å². The lowest BCUT2D eigenvalue weighted by Crippen LogP contribution is -2.03. The molecule has 0 bridgehead atoms. The van der Waals surface area contributed by atoms with Gasteiger partial charge in [0.15, 0.2) is 0 Å². The third-order valence-corrected chi connectivity index (χ3v) is 2.57. The maximum Gasteiger partial charge on any atom is 0.124 e. The predicted molar refractivity (Wildman–Crippen MR) is 63.1 cm³/mol. The fourth-order valence-electron chi connectivity index (χ4n) is 1.47. The molecule has 1 rings (SSSR count). The Balaban J connectivity index is 3.15. The van der Waals surface area contributed by atoms with Gasteiger partial charge in [0.2, 0.25) is 0 Å². The Labute approximate surface area is 90.8 Å². The molecule has 0 aliphatic heterocycles. The first-order valence-electron chi connectivity index (χ1n) is 5.18. The Morgan fingerprint density at radius 3 is 2.40 bits per heavy atom. The average molecular weight is 207 g/mol. The van der Waals surface area contributed by atoms with Crippen molar-refractivity contribution >= 4 is 5.57 Å². The highest BCUT2D eigenvalue weighted by molar-refractivity contribution is 5.66. The first kappa shape index (κ1) is 11.9. The first-order chi connectivity index (χ1) is 7.04. The zero-order chi connectivity index (χ0) is 11.4. The van der Waals surface area contributed by atoms with Gasteiger partial charge in [-0.05, 0) is 62.6 Å². The van der Waals surface area contributed by atoms with Crippen molar-refractivity contribution in [2.24, 2.45) is 5.73 Å². The number of hydrogen-bond acceptors (Lipinski definition) is 1. The molecule has 0 amide bonds. The summed E-state index contributed by atoms with van der Waals surface area (Å²) < 4.78 is 13.3. The van der Waals surface area contributed by atoms with Crippen LogP contribution in [0.4, 0.5) is 4.39 Å². The SMILES string of the molecule is CC(C)=C(C)c1cc(F)cc(CCN)c1. The maximum atomic E-state index is 13.3. The summed E-state index contributed by atoms with van der Waals surface area (Å²) in [6.45, 7) is 6.62. The number of benzene rings is 1. The minimum atomic E-state index is -0.184. The van der Waals surface area contributed by atoms with Crippen molar-refractivity contribution in [1.29, 1.82) is 0 Å². The fraction of sp³-hybridized carbons (Fsp3) is 0.385. The van der Waals surface area contributed by atoms with Crippen LogP contribution in [-0.2, 0) is 6.42 Å². The zero-order valence-corrected chi connectivity index (χ0v) is 9.60. The fourth-order valence-corrected chi connectivity index (χ4v) is 1.47. The molecular weight excluding hydrogens is 189 g/mol. The van der Waals surface area contributed by atoms with Gasteiger partial charge in [0, 0.05) is 0 Å². The van der Waals surface area contributed by atoms with Crippen LogP contribution in [0.15, 0.2) is 23.8 Å². The van der Waals surface area contributed by atoms with Crippen LogP contribution in [0.25, 0.3) is 5.57 Å². The Hall–Kier alpha value is -1.15. The average Bonchev–Trinajstić information content (AvgIpc) is 2.16. The summed E-state index contributed by atoms with van der Waals surface area (Å²) in [4.78, 5) is 0. The van der Waals surface area contributed by atoms with Gasteiger partial charge in [0.05, 0.1) is 0 Å². The monoisotopic (exact) mass is 207 g/mol. The molecule has 0 atom stereocenters. The van der Waals surface area contributed by atoms with Crippen molar-refractivity contribution in [3.8, 4) is 0 Å². The molecule has 1 aromatic carbocycles. The van der Waals surface area contributed by atoms with Gasteiger partial charge in [0.1, 0.15) is 5.82 Å². The lowest BCUT2D eigenvalue weighted by molar-refractivity contribution is 0.625. The van der Waals surface area contributed by atoms with Crippen LogP contribution in [0.1, 0.15) is 31.9 Å². The van der Waals surface area contributed by atoms with Gasteiger partial charge in [0.25, 0.3) is 0 Å². The summed E-state index contributed by atoms with van der Waals surface area (Å²) in [5.41, 5.74) is 9.72. The van der Waals surface area contributed by atoms with Gasteiger partial charge in [-0.2, -0.15) is 0 Å². The van der Waals surface area contributed by atoms with Gasteiger partial charge < -0.3 is 5.73 Å². The molecule has 1 nitrogen and oxygen atoms in total. The first-order valence-corrected chi connectivity index (χ1v) is 5.18. The van der Waals surface area contributed by atoms with Crippen molar-refractivity contribution in [2.45, 2.75) is 27.2 Å². The highest BCUT2D eigenvalue weighted by Gasteiger charge is 2.03. The lowest BCUT2D eigenvalue weighted by Gasteiger charge is -2.07. The molecule has 0 radical (unpaired) electrons. The van der Waals surface area contributed by atoms with Crippen molar-refractivity contribution in [2.75, 3.05) is 6.54 Å². The molecule has 2 heteroatoms. The Morgan fingerprint density at radius 2 is 1.87 bits per heavy atom. The quantitative estimate of drug-likeness (QED) is 0.809. The largest absolute Gasteiger partial charge is 0.330 e. The summed E-state index contributed by atoms with van der Waals surface area (Å²) in [6, 6.07) is 5.13. The Kier molecular flexibility index (Phi) is 4.04. The summed E-state index contributed by atoms with van der Waals surface area (Å²) in [5, 5.41) is 0. The van der Waals surface area contributed by atoms with E-state index in [1.165, 1.54) is 5.57 Å². The molecular formula is C13H18FN. The number of allylic oxidation sites excluding steroid dienone is 2. The summed E-state index contributed by atoms with van der Waals surface area (Å²) in [7, 11) is 0. The molecule has 2 N–H and O–H groups in total. The van der Waals surface area contributed by atoms with Crippen molar-refractivity contribution in [1.82, 2.24) is 0 Å². The predicted octanol–water partition coefficient (Wildman–Crippen LogP) is 3.14. The minimum Gasteiger partial charge on any atom is -0.330 e. The third kappa shape index (κ3) is 3.17. The zero-order valence-electron chi connectivity index (χ0n) is 9.60. The van der Waals surface area contributed by atoms with Crippen molar-refractivity contribution < 1.29 is 4.39 Å². The van der Waals surface area contributed by atoms with Crippen LogP contribution in [0, 0.1) is 5.82 Å². The van der Waals surface area contributed by atoms with Crippen molar-refractivity contribution in [3.63, 3.8) is 0 Å². The van der Waals surface area contributed by atoms with E-state index < -0.39 is 0 Å². The molecule has 0 unspecified atom stereocenters. The molecule has 15 heavy (non-hydrogen) atoms. The van der Waals surface area contributed by atoms with Crippen molar-refractivity contribution in [3.05, 3.63) is 40.7 Å². The van der Waals surface area contributed by atoms with E-state index in [9.17, 15) is 4.39 Å². The van der Waals surface area contributed by atoms with E-state index in [0.29, 0.717) is 6.54 Å². The van der Waals surface area contributed by atoms with Gasteiger partial charge in [-0.1, -0.05) is 11.6 Å². The topological polar surface area (TPSA) is 26.0 Å². The van der Waals surface area contributed by atoms with Crippen LogP contribution >= 0.6 is 0 Å². The number of hydrogen-bond donors (Lipinski definition) is 1. The van der Waals surface area contributed by atoms with Gasteiger partial charge >= 0.3 is 0 Å². The number of rotatable bonds is 3. The second-order valence-corrected chi connectivity index (χ2v) is 4.01. The lowest BCUT2D eigenvalue weighted by atomic mass is 10.00. The van der Waals surface area contributed by atoms with E-state index in [-0.39, 0.29) is 5.82 Å². The van der Waals surface area contributed by atoms with Crippen LogP contribution < -0.4 is 5.73 Å². The summed E-state index contributed by atoms with van der Waals surface area (Å²) >= 11 is 0. The van der Waals surface area contributed by atoms with E-state index in [1.54, 1.807) is 12.1 Å². The molecule has 0 aliphatic carbocycles. The number of halogens is 1. The van der Waals surface area contributed by atoms with E-state index in [2.05, 4.69) is 0 Å². The normalized spacial score (nSPS) is 10.2. The molecule has 0 saturated heterocycles. The van der Waals surface area contributed by atoms with E-state index in [4.69, 9.17) is 5.73 Å². The van der Waals surface area contributed by atoms with Gasteiger partial charge in [-0.15, -0.1) is 0 Å². The molecule has 1 aromatic rings. The highest BCUT2D eigenvalue weighted by Crippen LogP contribution is 2.20. The van der Waals surface area contributed by atoms with E-state index in [0.717, 1.165) is 23.1 Å². The second kappa shape index (κ2) is 5.08. The molecule has 82 valence electrons. The molecule has 0 fully saturated rings. The molecule has 0 heterocycles. The standard InChI is InChI=1S/C13H18FN/c1-9(2)10(3)12-6-11(4-5-15)7-13(14)8-12/h6-8H,4-5,15H2,1-3H3. The molecule has 0 spiro atoms. The molecule has 0 saturated carbocycles. The van der Waals surface area contributed by atoms with Crippen LogP contribution in [-0.4, -0.2) is 6.54 Å². The maximum absolute atomic E-state index is 13.3. The molecule has 0 aromatic heterocycles. The van der Waals surface area contributed by atoms with Crippen LogP contribution in [0.5, 0.6) is 0 Å². The number of nitrogens with two attached hydrogens (primary N) is 1. The Bertz CT molecular complexity index is 376. The van der Waals surface area contributed by atoms with Crippen LogP contribution in [0.3, 0.4) is 0 Å². The molecule has 0 aliphatic rings. The minimum absolute atomic E-state index is 0.184. The highest BCUT2D eigenvalue weighted by atomic mass is 19.1. The van der Waals surface area contributed by atoms with E-state index in [1.807, 2.05) is 26.8 Å². The van der Waals surface area contributed by atoms with E-state index >= 15 is 0 Å². The van der Waals surface area contributed by atoms with Gasteiger partial charge in [-0.25, -0.2) is 4.39 Å². The van der Waals surface area contributed by atoms with Gasteiger partial charge in [-0.3, -0.25) is 0 Å². The summed E-state index contributed by atoms with van der Waals surface area (Å²) in [5.74, 6) is -0.184. The third-order valence-electron chi connectivity index (χ3n) is 2.57.